The second-order valence-electron chi connectivity index (χ2n) is 3.62. The fraction of sp³-hybridized carbons (Fsp3) is 0.0833. The Kier molecular flexibility index (Phi) is 3.49. The zero-order chi connectivity index (χ0) is 13.2. The Labute approximate surface area is 109 Å². The van der Waals surface area contributed by atoms with E-state index in [9.17, 15) is 13.2 Å². The molecule has 0 amide bonds. The number of sulfone groups is 1. The van der Waals surface area contributed by atoms with E-state index >= 15 is 0 Å². The van der Waals surface area contributed by atoms with Crippen LogP contribution in [0.5, 0.6) is 10.8 Å². The summed E-state index contributed by atoms with van der Waals surface area (Å²) >= 11 is 1.20. The van der Waals surface area contributed by atoms with Gasteiger partial charge in [0, 0.05) is 6.26 Å². The Balaban J connectivity index is 2.27. The third kappa shape index (κ3) is 2.96. The van der Waals surface area contributed by atoms with Gasteiger partial charge in [-0.05, 0) is 30.3 Å². The summed E-state index contributed by atoms with van der Waals surface area (Å²) in [5, 5.41) is 0.544. The SMILES string of the molecule is CS(=O)(=O)c1cccc(Oc2ccc(C=O)s2)c1. The lowest BCUT2D eigenvalue weighted by Crippen LogP contribution is -1.96. The van der Waals surface area contributed by atoms with Crippen molar-refractivity contribution in [3.05, 3.63) is 41.3 Å². The summed E-state index contributed by atoms with van der Waals surface area (Å²) in [6.07, 6.45) is 1.88. The van der Waals surface area contributed by atoms with E-state index in [0.29, 0.717) is 15.7 Å². The molecule has 0 N–H and O–H groups in total. The van der Waals surface area contributed by atoms with Crippen LogP contribution in [0.1, 0.15) is 9.67 Å². The van der Waals surface area contributed by atoms with Gasteiger partial charge in [-0.1, -0.05) is 17.4 Å². The average Bonchev–Trinajstić information content (AvgIpc) is 2.76. The van der Waals surface area contributed by atoms with Crippen LogP contribution in [-0.2, 0) is 9.84 Å². The van der Waals surface area contributed by atoms with E-state index in [-0.39, 0.29) is 4.90 Å². The molecule has 94 valence electrons. The van der Waals surface area contributed by atoms with Crippen LogP contribution < -0.4 is 4.74 Å². The minimum Gasteiger partial charge on any atom is -0.447 e. The predicted octanol–water partition coefficient (Wildman–Crippen LogP) is 2.76. The van der Waals surface area contributed by atoms with Crippen LogP contribution in [-0.4, -0.2) is 21.0 Å². The van der Waals surface area contributed by atoms with Crippen LogP contribution in [0.3, 0.4) is 0 Å². The lowest BCUT2D eigenvalue weighted by Gasteiger charge is -2.04. The van der Waals surface area contributed by atoms with E-state index in [4.69, 9.17) is 4.74 Å². The fourth-order valence-corrected chi connectivity index (χ4v) is 2.68. The quantitative estimate of drug-likeness (QED) is 0.809. The lowest BCUT2D eigenvalue weighted by atomic mass is 10.3. The van der Waals surface area contributed by atoms with Crippen molar-refractivity contribution in [2.75, 3.05) is 6.26 Å². The maximum absolute atomic E-state index is 11.4. The Morgan fingerprint density at radius 2 is 2.00 bits per heavy atom. The van der Waals surface area contributed by atoms with Gasteiger partial charge < -0.3 is 4.74 Å². The van der Waals surface area contributed by atoms with Crippen molar-refractivity contribution in [1.29, 1.82) is 0 Å². The Morgan fingerprint density at radius 3 is 2.61 bits per heavy atom. The number of carbonyl (C=O) groups is 1. The molecule has 1 aromatic heterocycles. The van der Waals surface area contributed by atoms with Crippen molar-refractivity contribution in [2.24, 2.45) is 0 Å². The van der Waals surface area contributed by atoms with E-state index in [1.165, 1.54) is 23.5 Å². The van der Waals surface area contributed by atoms with Crippen LogP contribution in [0, 0.1) is 0 Å². The van der Waals surface area contributed by atoms with Crippen molar-refractivity contribution < 1.29 is 17.9 Å². The zero-order valence-corrected chi connectivity index (χ0v) is 11.1. The van der Waals surface area contributed by atoms with E-state index in [1.54, 1.807) is 24.3 Å². The summed E-state index contributed by atoms with van der Waals surface area (Å²) < 4.78 is 28.3. The first kappa shape index (κ1) is 12.8. The first-order valence-corrected chi connectivity index (χ1v) is 7.73. The fourth-order valence-electron chi connectivity index (χ4n) is 1.34. The molecule has 0 unspecified atom stereocenters. The van der Waals surface area contributed by atoms with Gasteiger partial charge in [0.2, 0.25) is 0 Å². The van der Waals surface area contributed by atoms with E-state index in [2.05, 4.69) is 0 Å². The van der Waals surface area contributed by atoms with Gasteiger partial charge in [0.15, 0.2) is 21.2 Å². The Hall–Kier alpha value is -1.66. The van der Waals surface area contributed by atoms with Gasteiger partial charge in [-0.2, -0.15) is 0 Å². The standard InChI is InChI=1S/C12H10O4S2/c1-18(14,15)11-4-2-3-9(7-11)16-12-6-5-10(8-13)17-12/h2-8H,1H3. The molecule has 0 saturated heterocycles. The first-order chi connectivity index (χ1) is 8.49. The number of hydrogen-bond donors (Lipinski definition) is 0. The number of benzene rings is 1. The molecule has 0 aliphatic rings. The van der Waals surface area contributed by atoms with Gasteiger partial charge in [0.05, 0.1) is 9.77 Å². The highest BCUT2D eigenvalue weighted by atomic mass is 32.2. The molecule has 4 nitrogen and oxygen atoms in total. The normalized spacial score (nSPS) is 11.2. The summed E-state index contributed by atoms with van der Waals surface area (Å²) in [5.41, 5.74) is 0. The van der Waals surface area contributed by atoms with Gasteiger partial charge in [0.25, 0.3) is 0 Å². The number of rotatable bonds is 4. The number of thiophene rings is 1. The van der Waals surface area contributed by atoms with Crippen LogP contribution >= 0.6 is 11.3 Å². The summed E-state index contributed by atoms with van der Waals surface area (Å²) in [4.78, 5) is 11.3. The lowest BCUT2D eigenvalue weighted by molar-refractivity contribution is 0.112. The minimum absolute atomic E-state index is 0.201. The highest BCUT2D eigenvalue weighted by Crippen LogP contribution is 2.29. The van der Waals surface area contributed by atoms with E-state index in [1.807, 2.05) is 0 Å². The molecule has 6 heteroatoms. The summed E-state index contributed by atoms with van der Waals surface area (Å²) in [7, 11) is -3.25. The van der Waals surface area contributed by atoms with Crippen molar-refractivity contribution in [3.8, 4) is 10.8 Å². The topological polar surface area (TPSA) is 60.4 Å². The van der Waals surface area contributed by atoms with Crippen LogP contribution in [0.15, 0.2) is 41.3 Å². The van der Waals surface area contributed by atoms with Crippen LogP contribution in [0.4, 0.5) is 0 Å². The smallest absolute Gasteiger partial charge is 0.181 e. The number of hydrogen-bond acceptors (Lipinski definition) is 5. The molecule has 0 aliphatic carbocycles. The molecule has 18 heavy (non-hydrogen) atoms. The first-order valence-electron chi connectivity index (χ1n) is 5.02. The monoisotopic (exact) mass is 282 g/mol. The molecule has 1 heterocycles. The van der Waals surface area contributed by atoms with Gasteiger partial charge >= 0.3 is 0 Å². The molecule has 0 bridgehead atoms. The number of aldehydes is 1. The minimum atomic E-state index is -3.25. The van der Waals surface area contributed by atoms with Crippen molar-refractivity contribution in [3.63, 3.8) is 0 Å². The third-order valence-electron chi connectivity index (χ3n) is 2.17. The second-order valence-corrected chi connectivity index (χ2v) is 6.72. The van der Waals surface area contributed by atoms with Crippen molar-refractivity contribution >= 4 is 27.5 Å². The molecule has 0 spiro atoms. The molecular formula is C12H10O4S2. The van der Waals surface area contributed by atoms with Crippen molar-refractivity contribution in [1.82, 2.24) is 0 Å². The van der Waals surface area contributed by atoms with Gasteiger partial charge in [-0.15, -0.1) is 0 Å². The van der Waals surface area contributed by atoms with E-state index < -0.39 is 9.84 Å². The van der Waals surface area contributed by atoms with Crippen LogP contribution in [0.25, 0.3) is 0 Å². The predicted molar refractivity (Wildman–Crippen MR) is 69.3 cm³/mol. The largest absolute Gasteiger partial charge is 0.447 e. The van der Waals surface area contributed by atoms with Crippen LogP contribution in [0.2, 0.25) is 0 Å². The second kappa shape index (κ2) is 4.91. The molecule has 0 radical (unpaired) electrons. The number of ether oxygens (including phenoxy) is 1. The van der Waals surface area contributed by atoms with E-state index in [0.717, 1.165) is 12.5 Å². The highest BCUT2D eigenvalue weighted by molar-refractivity contribution is 7.90. The summed E-state index contributed by atoms with van der Waals surface area (Å²) in [6, 6.07) is 9.55. The van der Waals surface area contributed by atoms with Crippen molar-refractivity contribution in [2.45, 2.75) is 4.90 Å². The Morgan fingerprint density at radius 1 is 1.22 bits per heavy atom. The maximum Gasteiger partial charge on any atom is 0.181 e. The Bertz CT molecular complexity index is 671. The zero-order valence-electron chi connectivity index (χ0n) is 9.49. The molecule has 0 aliphatic heterocycles. The molecule has 2 rings (SSSR count). The summed E-state index contributed by atoms with van der Waals surface area (Å²) in [5.74, 6) is 0.428. The average molecular weight is 282 g/mol. The molecule has 0 fully saturated rings. The molecule has 0 saturated carbocycles. The molecule has 2 aromatic rings. The summed E-state index contributed by atoms with van der Waals surface area (Å²) in [6.45, 7) is 0. The molecule has 1 aromatic carbocycles. The highest BCUT2D eigenvalue weighted by Gasteiger charge is 2.09. The van der Waals surface area contributed by atoms with Gasteiger partial charge in [0.1, 0.15) is 5.75 Å². The van der Waals surface area contributed by atoms with Gasteiger partial charge in [-0.3, -0.25) is 4.79 Å². The number of carbonyl (C=O) groups excluding carboxylic acids is 1. The van der Waals surface area contributed by atoms with Gasteiger partial charge in [-0.25, -0.2) is 8.42 Å². The molecular weight excluding hydrogens is 272 g/mol. The maximum atomic E-state index is 11.4. The third-order valence-corrected chi connectivity index (χ3v) is 4.17. The molecule has 0 atom stereocenters.